The van der Waals surface area contributed by atoms with Crippen molar-refractivity contribution in [2.45, 2.75) is 46.5 Å². The van der Waals surface area contributed by atoms with Gasteiger partial charge in [-0.2, -0.15) is 12.6 Å². The molecule has 86 valence electrons. The van der Waals surface area contributed by atoms with Crippen molar-refractivity contribution in [3.63, 3.8) is 0 Å². The molecule has 0 fully saturated rings. The van der Waals surface area contributed by atoms with Crippen LogP contribution in [0.4, 0.5) is 0 Å². The second-order valence-corrected chi connectivity index (χ2v) is 5.00. The van der Waals surface area contributed by atoms with Crippen molar-refractivity contribution in [3.05, 3.63) is 0 Å². The lowest BCUT2D eigenvalue weighted by Gasteiger charge is -2.10. The summed E-state index contributed by atoms with van der Waals surface area (Å²) in [4.78, 5) is 0. The molecule has 0 aromatic heterocycles. The van der Waals surface area contributed by atoms with E-state index >= 15 is 0 Å². The molecular weight excluding hydrogens is 192 g/mol. The lowest BCUT2D eigenvalue weighted by molar-refractivity contribution is 0.116. The Balaban J connectivity index is 3.05. The van der Waals surface area contributed by atoms with Gasteiger partial charge in [-0.1, -0.05) is 20.8 Å². The molecule has 2 heteroatoms. The molecule has 0 aliphatic heterocycles. The molecule has 1 nitrogen and oxygen atoms in total. The molecule has 1 unspecified atom stereocenters. The normalized spacial score (nSPS) is 13.5. The summed E-state index contributed by atoms with van der Waals surface area (Å²) in [6, 6.07) is 0. The monoisotopic (exact) mass is 218 g/mol. The van der Waals surface area contributed by atoms with Gasteiger partial charge in [0.2, 0.25) is 0 Å². The Bertz CT molecular complexity index is 115. The van der Waals surface area contributed by atoms with E-state index in [0.717, 1.165) is 30.8 Å². The highest BCUT2D eigenvalue weighted by Crippen LogP contribution is 2.08. The fourth-order valence-corrected chi connectivity index (χ4v) is 1.79. The van der Waals surface area contributed by atoms with Gasteiger partial charge in [-0.15, -0.1) is 0 Å². The fraction of sp³-hybridized carbons (Fsp3) is 1.00. The first-order valence-corrected chi connectivity index (χ1v) is 6.48. The Hall–Kier alpha value is 0.310. The van der Waals surface area contributed by atoms with Gasteiger partial charge in [0, 0.05) is 13.2 Å². The minimum atomic E-state index is 0.762. The summed E-state index contributed by atoms with van der Waals surface area (Å²) < 4.78 is 5.58. The molecule has 0 radical (unpaired) electrons. The van der Waals surface area contributed by atoms with Crippen LogP contribution in [0.3, 0.4) is 0 Å². The standard InChI is InChI=1S/C12H26OS/c1-11(2)5-4-8-13-9-6-12(3)7-10-14/h11-12,14H,4-10H2,1-3H3. The molecule has 0 saturated heterocycles. The second kappa shape index (κ2) is 9.85. The Morgan fingerprint density at radius 3 is 2.29 bits per heavy atom. The minimum absolute atomic E-state index is 0.762. The molecule has 0 aliphatic rings. The van der Waals surface area contributed by atoms with E-state index in [2.05, 4.69) is 33.4 Å². The van der Waals surface area contributed by atoms with Crippen LogP contribution in [-0.2, 0) is 4.74 Å². The number of rotatable bonds is 9. The average Bonchev–Trinajstić information content (AvgIpc) is 2.11. The minimum Gasteiger partial charge on any atom is -0.381 e. The Kier molecular flexibility index (Phi) is 10.1. The number of ether oxygens (including phenoxy) is 1. The molecule has 0 saturated carbocycles. The van der Waals surface area contributed by atoms with Crippen molar-refractivity contribution in [3.8, 4) is 0 Å². The highest BCUT2D eigenvalue weighted by atomic mass is 32.1. The van der Waals surface area contributed by atoms with Crippen LogP contribution in [-0.4, -0.2) is 19.0 Å². The SMILES string of the molecule is CC(C)CCCOCCC(C)CCS. The maximum Gasteiger partial charge on any atom is 0.0468 e. The van der Waals surface area contributed by atoms with Crippen LogP contribution < -0.4 is 0 Å². The van der Waals surface area contributed by atoms with Gasteiger partial charge in [0.15, 0.2) is 0 Å². The number of hydrogen-bond acceptors (Lipinski definition) is 2. The highest BCUT2D eigenvalue weighted by Gasteiger charge is 2.00. The van der Waals surface area contributed by atoms with Crippen LogP contribution in [0.25, 0.3) is 0 Å². The van der Waals surface area contributed by atoms with Crippen molar-refractivity contribution in [2.24, 2.45) is 11.8 Å². The van der Waals surface area contributed by atoms with E-state index in [-0.39, 0.29) is 0 Å². The van der Waals surface area contributed by atoms with Crippen LogP contribution in [0.1, 0.15) is 46.5 Å². The molecule has 14 heavy (non-hydrogen) atoms. The summed E-state index contributed by atoms with van der Waals surface area (Å²) in [5, 5.41) is 0. The van der Waals surface area contributed by atoms with Crippen LogP contribution in [0.15, 0.2) is 0 Å². The van der Waals surface area contributed by atoms with Gasteiger partial charge in [-0.25, -0.2) is 0 Å². The van der Waals surface area contributed by atoms with Crippen molar-refractivity contribution in [1.29, 1.82) is 0 Å². The first-order valence-electron chi connectivity index (χ1n) is 5.85. The first-order chi connectivity index (χ1) is 6.66. The van der Waals surface area contributed by atoms with E-state index in [0.29, 0.717) is 0 Å². The zero-order valence-corrected chi connectivity index (χ0v) is 10.9. The summed E-state index contributed by atoms with van der Waals surface area (Å²) in [5.74, 6) is 2.56. The molecule has 0 bridgehead atoms. The summed E-state index contributed by atoms with van der Waals surface area (Å²) >= 11 is 4.22. The van der Waals surface area contributed by atoms with Crippen molar-refractivity contribution in [2.75, 3.05) is 19.0 Å². The zero-order valence-electron chi connectivity index (χ0n) is 9.96. The summed E-state index contributed by atoms with van der Waals surface area (Å²) in [6.45, 7) is 8.65. The van der Waals surface area contributed by atoms with Gasteiger partial charge in [-0.05, 0) is 43.3 Å². The van der Waals surface area contributed by atoms with Gasteiger partial charge in [0.1, 0.15) is 0 Å². The Morgan fingerprint density at radius 1 is 1.00 bits per heavy atom. The van der Waals surface area contributed by atoms with E-state index in [1.54, 1.807) is 0 Å². The van der Waals surface area contributed by atoms with Crippen LogP contribution in [0.2, 0.25) is 0 Å². The van der Waals surface area contributed by atoms with Gasteiger partial charge >= 0.3 is 0 Å². The van der Waals surface area contributed by atoms with Gasteiger partial charge in [0.05, 0.1) is 0 Å². The van der Waals surface area contributed by atoms with E-state index in [1.807, 2.05) is 0 Å². The molecule has 0 amide bonds. The molecule has 1 atom stereocenters. The summed E-state index contributed by atoms with van der Waals surface area (Å²) in [6.07, 6.45) is 4.88. The van der Waals surface area contributed by atoms with E-state index in [1.165, 1.54) is 25.7 Å². The van der Waals surface area contributed by atoms with Crippen LogP contribution >= 0.6 is 12.6 Å². The maximum atomic E-state index is 5.58. The third-order valence-electron chi connectivity index (χ3n) is 2.45. The number of hydrogen-bond donors (Lipinski definition) is 1. The molecule has 0 aromatic carbocycles. The quantitative estimate of drug-likeness (QED) is 0.458. The Labute approximate surface area is 95.0 Å². The molecule has 0 N–H and O–H groups in total. The predicted octanol–water partition coefficient (Wildman–Crippen LogP) is 3.79. The molecular formula is C12H26OS. The van der Waals surface area contributed by atoms with Crippen molar-refractivity contribution in [1.82, 2.24) is 0 Å². The first kappa shape index (κ1) is 14.3. The van der Waals surface area contributed by atoms with Crippen LogP contribution in [0, 0.1) is 11.8 Å². The van der Waals surface area contributed by atoms with Gasteiger partial charge in [-0.3, -0.25) is 0 Å². The largest absolute Gasteiger partial charge is 0.381 e. The predicted molar refractivity (Wildman–Crippen MR) is 67.1 cm³/mol. The van der Waals surface area contributed by atoms with Crippen LogP contribution in [0.5, 0.6) is 0 Å². The van der Waals surface area contributed by atoms with Gasteiger partial charge in [0.25, 0.3) is 0 Å². The smallest absolute Gasteiger partial charge is 0.0468 e. The Morgan fingerprint density at radius 2 is 1.71 bits per heavy atom. The maximum absolute atomic E-state index is 5.58. The molecule has 0 rings (SSSR count). The van der Waals surface area contributed by atoms with E-state index in [4.69, 9.17) is 4.74 Å². The van der Waals surface area contributed by atoms with E-state index in [9.17, 15) is 0 Å². The van der Waals surface area contributed by atoms with Crippen molar-refractivity contribution < 1.29 is 4.74 Å². The van der Waals surface area contributed by atoms with Crippen molar-refractivity contribution >= 4 is 12.6 Å². The second-order valence-electron chi connectivity index (χ2n) is 4.55. The lowest BCUT2D eigenvalue weighted by Crippen LogP contribution is -2.04. The highest BCUT2D eigenvalue weighted by molar-refractivity contribution is 7.80. The zero-order chi connectivity index (χ0) is 10.8. The summed E-state index contributed by atoms with van der Waals surface area (Å²) in [7, 11) is 0. The molecule has 0 aliphatic carbocycles. The molecule has 0 heterocycles. The van der Waals surface area contributed by atoms with E-state index < -0.39 is 0 Å². The molecule has 0 aromatic rings. The van der Waals surface area contributed by atoms with Gasteiger partial charge < -0.3 is 4.74 Å². The third kappa shape index (κ3) is 10.4. The average molecular weight is 218 g/mol. The lowest BCUT2D eigenvalue weighted by atomic mass is 10.1. The molecule has 0 spiro atoms. The topological polar surface area (TPSA) is 9.23 Å². The third-order valence-corrected chi connectivity index (χ3v) is 2.71. The fourth-order valence-electron chi connectivity index (χ4n) is 1.34. The summed E-state index contributed by atoms with van der Waals surface area (Å²) in [5.41, 5.74) is 0. The number of thiol groups is 1.